The molecule has 1 heterocycles. The van der Waals surface area contributed by atoms with Crippen LogP contribution >= 0.6 is 22.6 Å². The SMILES string of the molecule is CCOc1cc(C=C2C(=O)N(c3ccccc3)C(=O)N(c3ccccc3)C2=O)cc(I)c1OCC(=O)Nc1ccc(C)cc1. The summed E-state index contributed by atoms with van der Waals surface area (Å²) in [5.41, 5.74) is 2.66. The van der Waals surface area contributed by atoms with Crippen LogP contribution in [0.3, 0.4) is 0 Å². The minimum absolute atomic E-state index is 0.207. The normalized spacial score (nSPS) is 13.2. The number of nitrogens with one attached hydrogen (secondary N) is 1. The van der Waals surface area contributed by atoms with E-state index in [1.54, 1.807) is 79.7 Å². The summed E-state index contributed by atoms with van der Waals surface area (Å²) in [7, 11) is 0. The number of anilines is 3. The van der Waals surface area contributed by atoms with Crippen LogP contribution in [0.15, 0.2) is 103 Å². The van der Waals surface area contributed by atoms with Gasteiger partial charge in [0, 0.05) is 5.69 Å². The van der Waals surface area contributed by atoms with E-state index < -0.39 is 17.8 Å². The Balaban J connectivity index is 1.47. The van der Waals surface area contributed by atoms with Gasteiger partial charge in [-0.25, -0.2) is 14.6 Å². The van der Waals surface area contributed by atoms with E-state index in [4.69, 9.17) is 9.47 Å². The first-order chi connectivity index (χ1) is 21.3. The van der Waals surface area contributed by atoms with E-state index in [2.05, 4.69) is 5.32 Å². The highest BCUT2D eigenvalue weighted by Gasteiger charge is 2.43. The van der Waals surface area contributed by atoms with Crippen molar-refractivity contribution in [2.24, 2.45) is 0 Å². The Morgan fingerprint density at radius 3 is 1.93 bits per heavy atom. The van der Waals surface area contributed by atoms with Crippen molar-refractivity contribution in [3.8, 4) is 11.5 Å². The largest absolute Gasteiger partial charge is 0.490 e. The molecule has 1 N–H and O–H groups in total. The van der Waals surface area contributed by atoms with E-state index in [0.29, 0.717) is 44.3 Å². The maximum Gasteiger partial charge on any atom is 0.343 e. The molecule has 222 valence electrons. The van der Waals surface area contributed by atoms with Gasteiger partial charge in [-0.2, -0.15) is 0 Å². The molecule has 0 bridgehead atoms. The molecule has 9 nitrogen and oxygen atoms in total. The molecular formula is C34H28IN3O6. The summed E-state index contributed by atoms with van der Waals surface area (Å²) in [5.74, 6) is -1.16. The summed E-state index contributed by atoms with van der Waals surface area (Å²) in [6.07, 6.45) is 1.43. The number of nitrogens with zero attached hydrogens (tertiary/aromatic N) is 2. The Labute approximate surface area is 268 Å². The topological polar surface area (TPSA) is 105 Å². The number of hydrogen-bond donors (Lipinski definition) is 1. The van der Waals surface area contributed by atoms with Crippen molar-refractivity contribution in [2.75, 3.05) is 28.3 Å². The number of halogens is 1. The number of carbonyl (C=O) groups excluding carboxylic acids is 4. The molecule has 1 aliphatic heterocycles. The van der Waals surface area contributed by atoms with Gasteiger partial charge in [0.25, 0.3) is 17.7 Å². The third-order valence-electron chi connectivity index (χ3n) is 6.60. The van der Waals surface area contributed by atoms with Crippen molar-refractivity contribution in [1.82, 2.24) is 0 Å². The summed E-state index contributed by atoms with van der Waals surface area (Å²) in [6, 6.07) is 26.9. The second-order valence-corrected chi connectivity index (χ2v) is 10.9. The smallest absolute Gasteiger partial charge is 0.343 e. The van der Waals surface area contributed by atoms with Crippen LogP contribution in [0.2, 0.25) is 0 Å². The van der Waals surface area contributed by atoms with Crippen molar-refractivity contribution in [1.29, 1.82) is 0 Å². The van der Waals surface area contributed by atoms with Crippen LogP contribution in [0.25, 0.3) is 6.08 Å². The van der Waals surface area contributed by atoms with Gasteiger partial charge in [0.2, 0.25) is 0 Å². The minimum atomic E-state index is -0.771. The molecule has 4 aromatic rings. The van der Waals surface area contributed by atoms with Crippen LogP contribution in [0, 0.1) is 10.5 Å². The second-order valence-electron chi connectivity index (χ2n) is 9.76. The number of rotatable bonds is 9. The summed E-state index contributed by atoms with van der Waals surface area (Å²) in [4.78, 5) is 55.5. The lowest BCUT2D eigenvalue weighted by Crippen LogP contribution is -2.57. The summed E-state index contributed by atoms with van der Waals surface area (Å²) >= 11 is 2.05. The highest BCUT2D eigenvalue weighted by Crippen LogP contribution is 2.36. The number of imide groups is 2. The maximum absolute atomic E-state index is 13.7. The maximum atomic E-state index is 13.7. The number of aryl methyl sites for hydroxylation is 1. The quantitative estimate of drug-likeness (QED) is 0.120. The summed E-state index contributed by atoms with van der Waals surface area (Å²) in [5, 5.41) is 2.80. The molecule has 0 saturated carbocycles. The number of ether oxygens (including phenoxy) is 2. The molecular weight excluding hydrogens is 673 g/mol. The van der Waals surface area contributed by atoms with Gasteiger partial charge < -0.3 is 14.8 Å². The van der Waals surface area contributed by atoms with Crippen LogP contribution < -0.4 is 24.6 Å². The Morgan fingerprint density at radius 1 is 0.818 bits per heavy atom. The van der Waals surface area contributed by atoms with Gasteiger partial charge in [-0.3, -0.25) is 14.4 Å². The van der Waals surface area contributed by atoms with Crippen molar-refractivity contribution >= 4 is 69.5 Å². The van der Waals surface area contributed by atoms with Crippen LogP contribution in [0.5, 0.6) is 11.5 Å². The summed E-state index contributed by atoms with van der Waals surface area (Å²) in [6.45, 7) is 3.81. The van der Waals surface area contributed by atoms with Crippen LogP contribution in [0.1, 0.15) is 18.1 Å². The van der Waals surface area contributed by atoms with E-state index in [1.807, 2.05) is 53.8 Å². The van der Waals surface area contributed by atoms with Crippen molar-refractivity contribution in [3.63, 3.8) is 0 Å². The highest BCUT2D eigenvalue weighted by atomic mass is 127. The lowest BCUT2D eigenvalue weighted by atomic mass is 10.0. The zero-order valence-electron chi connectivity index (χ0n) is 24.0. The molecule has 0 aliphatic carbocycles. The molecule has 0 aromatic heterocycles. The van der Waals surface area contributed by atoms with E-state index in [-0.39, 0.29) is 18.1 Å². The van der Waals surface area contributed by atoms with Crippen molar-refractivity contribution in [2.45, 2.75) is 13.8 Å². The monoisotopic (exact) mass is 701 g/mol. The van der Waals surface area contributed by atoms with Gasteiger partial charge in [-0.1, -0.05) is 54.1 Å². The first kappa shape index (κ1) is 30.5. The molecule has 1 saturated heterocycles. The molecule has 10 heteroatoms. The number of para-hydroxylation sites is 2. The predicted molar refractivity (Wildman–Crippen MR) is 177 cm³/mol. The minimum Gasteiger partial charge on any atom is -0.490 e. The molecule has 4 aromatic carbocycles. The third kappa shape index (κ3) is 6.65. The lowest BCUT2D eigenvalue weighted by molar-refractivity contribution is -0.121. The standard InChI is InChI=1S/C34H28IN3O6/c1-3-43-29-20-23(19-28(35)31(29)44-21-30(39)36-24-16-14-22(2)15-17-24)18-27-32(40)37(25-10-6-4-7-11-25)34(42)38(33(27)41)26-12-8-5-9-13-26/h4-20H,3,21H2,1-2H3,(H,36,39). The zero-order chi connectivity index (χ0) is 31.2. The molecule has 0 spiro atoms. The summed E-state index contributed by atoms with van der Waals surface area (Å²) < 4.78 is 12.3. The molecule has 44 heavy (non-hydrogen) atoms. The number of barbiturate groups is 1. The fourth-order valence-corrected chi connectivity index (χ4v) is 5.33. The van der Waals surface area contributed by atoms with Gasteiger partial charge >= 0.3 is 6.03 Å². The number of benzene rings is 4. The van der Waals surface area contributed by atoms with Crippen molar-refractivity contribution < 1.29 is 28.7 Å². The number of hydrogen-bond acceptors (Lipinski definition) is 6. The fraction of sp³-hybridized carbons (Fsp3) is 0.118. The van der Waals surface area contributed by atoms with E-state index in [0.717, 1.165) is 15.4 Å². The average Bonchev–Trinajstić information content (AvgIpc) is 3.01. The fourth-order valence-electron chi connectivity index (χ4n) is 4.55. The average molecular weight is 702 g/mol. The van der Waals surface area contributed by atoms with E-state index in [9.17, 15) is 19.2 Å². The zero-order valence-corrected chi connectivity index (χ0v) is 26.1. The molecule has 0 atom stereocenters. The number of amides is 5. The molecule has 1 aliphatic rings. The van der Waals surface area contributed by atoms with Crippen LogP contribution in [-0.4, -0.2) is 37.0 Å². The van der Waals surface area contributed by atoms with E-state index >= 15 is 0 Å². The molecule has 5 rings (SSSR count). The van der Waals surface area contributed by atoms with Crippen LogP contribution in [-0.2, 0) is 14.4 Å². The highest BCUT2D eigenvalue weighted by molar-refractivity contribution is 14.1. The van der Waals surface area contributed by atoms with Crippen molar-refractivity contribution in [3.05, 3.63) is 117 Å². The van der Waals surface area contributed by atoms with Gasteiger partial charge in [-0.05, 0) is 96.6 Å². The Bertz CT molecular complexity index is 1680. The Kier molecular flexibility index (Phi) is 9.39. The van der Waals surface area contributed by atoms with Gasteiger partial charge in [0.15, 0.2) is 18.1 Å². The van der Waals surface area contributed by atoms with Gasteiger partial charge in [-0.15, -0.1) is 0 Å². The first-order valence-corrected chi connectivity index (χ1v) is 14.8. The Morgan fingerprint density at radius 2 is 1.39 bits per heavy atom. The van der Waals surface area contributed by atoms with Gasteiger partial charge in [0.1, 0.15) is 5.57 Å². The molecule has 0 unspecified atom stereocenters. The lowest BCUT2D eigenvalue weighted by Gasteiger charge is -2.34. The second kappa shape index (κ2) is 13.6. The first-order valence-electron chi connectivity index (χ1n) is 13.8. The molecule has 5 amide bonds. The third-order valence-corrected chi connectivity index (χ3v) is 7.41. The van der Waals surface area contributed by atoms with Crippen LogP contribution in [0.4, 0.5) is 21.9 Å². The van der Waals surface area contributed by atoms with Gasteiger partial charge in [0.05, 0.1) is 21.6 Å². The number of urea groups is 1. The molecule has 0 radical (unpaired) electrons. The Hall–Kier alpha value is -4.97. The van der Waals surface area contributed by atoms with E-state index in [1.165, 1.54) is 6.08 Å². The molecule has 1 fully saturated rings. The predicted octanol–water partition coefficient (Wildman–Crippen LogP) is 6.60. The number of carbonyl (C=O) groups is 4.